The van der Waals surface area contributed by atoms with Crippen LogP contribution >= 0.6 is 0 Å². The van der Waals surface area contributed by atoms with Gasteiger partial charge >= 0.3 is 143 Å². The van der Waals surface area contributed by atoms with E-state index < -0.39 is 8.07 Å². The molecule has 0 nitrogen and oxygen atoms in total. The van der Waals surface area contributed by atoms with Crippen LogP contribution in [0.15, 0.2) is 38.9 Å². The van der Waals surface area contributed by atoms with E-state index in [2.05, 4.69) is 85.1 Å². The van der Waals surface area contributed by atoms with Crippen LogP contribution in [0.3, 0.4) is 0 Å². The van der Waals surface area contributed by atoms with Gasteiger partial charge in [-0.2, -0.15) is 0 Å². The molecule has 5 heteroatoms. The quantitative estimate of drug-likeness (QED) is 0.429. The number of allylic oxidation sites excluding steroid dienone is 4. The fourth-order valence-electron chi connectivity index (χ4n) is 3.50. The van der Waals surface area contributed by atoms with Crippen LogP contribution in [0, 0.1) is 19.8 Å². The van der Waals surface area contributed by atoms with Crippen molar-refractivity contribution in [1.29, 1.82) is 0 Å². The van der Waals surface area contributed by atoms with Gasteiger partial charge in [0, 0.05) is 0 Å². The third-order valence-electron chi connectivity index (χ3n) is 4.25. The number of hydrogen-bond acceptors (Lipinski definition) is 0. The SMILES string of the molecule is Cc1cc(C)cc(CC(C)C2=[C]([Ti+3])CC=C2[Si](C)(C)C)c1.[Cl-].[Cl-].[Cl-]. The molecule has 0 bridgehead atoms. The summed E-state index contributed by atoms with van der Waals surface area (Å²) in [5.74, 6) is 0.631. The molecule has 2 rings (SSSR count). The zero-order valence-electron chi connectivity index (χ0n) is 15.4. The molecule has 0 aromatic heterocycles. The first-order valence-corrected chi connectivity index (χ1v) is 12.2. The van der Waals surface area contributed by atoms with Crippen molar-refractivity contribution in [3.8, 4) is 0 Å². The Morgan fingerprint density at radius 2 is 1.50 bits per heavy atom. The van der Waals surface area contributed by atoms with E-state index in [1.807, 2.05) is 0 Å². The van der Waals surface area contributed by atoms with Crippen molar-refractivity contribution in [1.82, 2.24) is 0 Å². The largest absolute Gasteiger partial charge is 1.00 e. The first-order valence-electron chi connectivity index (χ1n) is 7.91. The Kier molecular flexibility index (Phi) is 11.8. The Morgan fingerprint density at radius 1 is 1.00 bits per heavy atom. The minimum atomic E-state index is -1.23. The van der Waals surface area contributed by atoms with Gasteiger partial charge in [-0.25, -0.2) is 0 Å². The summed E-state index contributed by atoms with van der Waals surface area (Å²) < 4.78 is 1.60. The zero-order chi connectivity index (χ0) is 15.8. The van der Waals surface area contributed by atoms with Crippen LogP contribution in [-0.2, 0) is 26.9 Å². The molecule has 1 aromatic rings. The van der Waals surface area contributed by atoms with E-state index in [1.54, 1.807) is 14.6 Å². The van der Waals surface area contributed by atoms with Gasteiger partial charge < -0.3 is 37.2 Å². The summed E-state index contributed by atoms with van der Waals surface area (Å²) in [6.45, 7) is 14.2. The van der Waals surface area contributed by atoms with Crippen molar-refractivity contribution in [2.24, 2.45) is 5.92 Å². The van der Waals surface area contributed by atoms with Gasteiger partial charge in [-0.15, -0.1) is 0 Å². The molecule has 1 aromatic carbocycles. The molecule has 0 spiro atoms. The number of rotatable bonds is 4. The van der Waals surface area contributed by atoms with Gasteiger partial charge in [0.25, 0.3) is 0 Å². The summed E-state index contributed by atoms with van der Waals surface area (Å²) in [5, 5.41) is 1.71. The van der Waals surface area contributed by atoms with E-state index >= 15 is 0 Å². The molecule has 0 saturated carbocycles. The molecular weight excluding hydrogens is 411 g/mol. The first-order chi connectivity index (χ1) is 9.68. The van der Waals surface area contributed by atoms with Crippen LogP contribution in [0.2, 0.25) is 19.6 Å². The summed E-state index contributed by atoms with van der Waals surface area (Å²) >= 11 is 2.33. The normalized spacial score (nSPS) is 15.1. The molecule has 0 radical (unpaired) electrons. The Bertz CT molecular complexity index is 595. The van der Waals surface area contributed by atoms with Crippen LogP contribution in [0.4, 0.5) is 0 Å². The fourth-order valence-corrected chi connectivity index (χ4v) is 6.37. The Balaban J connectivity index is 0. The average molecular weight is 438 g/mol. The van der Waals surface area contributed by atoms with Crippen LogP contribution in [0.5, 0.6) is 0 Å². The predicted molar refractivity (Wildman–Crippen MR) is 91.9 cm³/mol. The minimum absolute atomic E-state index is 0. The molecular formula is C19H27Cl3SiTi. The van der Waals surface area contributed by atoms with E-state index in [4.69, 9.17) is 0 Å². The van der Waals surface area contributed by atoms with Crippen molar-refractivity contribution in [3.05, 3.63) is 55.6 Å². The maximum absolute atomic E-state index is 2.51. The fraction of sp³-hybridized carbons (Fsp3) is 0.474. The first kappa shape index (κ1) is 26.7. The number of hydrogen-bond donors (Lipinski definition) is 0. The van der Waals surface area contributed by atoms with Crippen molar-refractivity contribution in [2.45, 2.75) is 53.3 Å². The molecule has 0 heterocycles. The Labute approximate surface area is 179 Å². The van der Waals surface area contributed by atoms with Gasteiger partial charge in [0.2, 0.25) is 0 Å². The molecule has 1 aliphatic rings. The van der Waals surface area contributed by atoms with Crippen molar-refractivity contribution >= 4 is 8.07 Å². The Morgan fingerprint density at radius 3 is 1.96 bits per heavy atom. The van der Waals surface area contributed by atoms with Crippen LogP contribution in [0.25, 0.3) is 0 Å². The van der Waals surface area contributed by atoms with Gasteiger partial charge in [-0.3, -0.25) is 0 Å². The van der Waals surface area contributed by atoms with E-state index in [0.29, 0.717) is 5.92 Å². The van der Waals surface area contributed by atoms with E-state index in [9.17, 15) is 0 Å². The van der Waals surface area contributed by atoms with Crippen molar-refractivity contribution in [2.75, 3.05) is 0 Å². The van der Waals surface area contributed by atoms with E-state index in [-0.39, 0.29) is 37.2 Å². The summed E-state index contributed by atoms with van der Waals surface area (Å²) in [4.78, 5) is 0. The average Bonchev–Trinajstić information content (AvgIpc) is 2.69. The molecule has 0 N–H and O–H groups in total. The third-order valence-corrected chi connectivity index (χ3v) is 7.08. The smallest absolute Gasteiger partial charge is 1.00 e. The molecule has 0 amide bonds. The standard InChI is InChI=1S/C19H27Si.3ClH.Ti/c1-14-10-15(2)12-17(11-14)13-16(3)18-8-7-9-19(18)20(4,5)6;;;;/h9-12,16H,7,13H2,1-6H3;3*1H;/q;;;;+3/p-3. The van der Waals surface area contributed by atoms with E-state index in [1.165, 1.54) is 23.1 Å². The van der Waals surface area contributed by atoms with Gasteiger partial charge in [0.15, 0.2) is 0 Å². The number of halogens is 3. The van der Waals surface area contributed by atoms with Crippen molar-refractivity contribution < 1.29 is 57.7 Å². The predicted octanol–water partition coefficient (Wildman–Crippen LogP) is -3.50. The van der Waals surface area contributed by atoms with Gasteiger partial charge in [-0.1, -0.05) is 0 Å². The number of aryl methyl sites for hydroxylation is 2. The van der Waals surface area contributed by atoms with E-state index in [0.717, 1.165) is 6.42 Å². The molecule has 1 unspecified atom stereocenters. The van der Waals surface area contributed by atoms with Crippen molar-refractivity contribution in [3.63, 3.8) is 0 Å². The van der Waals surface area contributed by atoms with Crippen LogP contribution < -0.4 is 37.2 Å². The summed E-state index contributed by atoms with van der Waals surface area (Å²) in [7, 11) is -1.23. The molecule has 0 fully saturated rings. The van der Waals surface area contributed by atoms with Gasteiger partial charge in [0.1, 0.15) is 0 Å². The maximum Gasteiger partial charge on any atom is -1.00 e. The molecule has 1 atom stereocenters. The second-order valence-corrected chi connectivity index (χ2v) is 13.5. The zero-order valence-corrected chi connectivity index (χ0v) is 20.3. The molecule has 24 heavy (non-hydrogen) atoms. The second kappa shape index (κ2) is 10.6. The van der Waals surface area contributed by atoms with Crippen LogP contribution in [-0.4, -0.2) is 8.07 Å². The topological polar surface area (TPSA) is 0 Å². The molecule has 0 saturated heterocycles. The monoisotopic (exact) mass is 436 g/mol. The summed E-state index contributed by atoms with van der Waals surface area (Å²) in [6.07, 6.45) is 4.85. The second-order valence-electron chi connectivity index (χ2n) is 7.57. The maximum atomic E-state index is 2.51. The molecule has 0 aliphatic heterocycles. The summed E-state index contributed by atoms with van der Waals surface area (Å²) in [6, 6.07) is 6.97. The summed E-state index contributed by atoms with van der Waals surface area (Å²) in [5.41, 5.74) is 5.93. The third kappa shape index (κ3) is 6.67. The number of benzene rings is 1. The molecule has 132 valence electrons. The van der Waals surface area contributed by atoms with Gasteiger partial charge in [-0.05, 0) is 0 Å². The van der Waals surface area contributed by atoms with Gasteiger partial charge in [0.05, 0.1) is 0 Å². The molecule has 1 aliphatic carbocycles. The Hall–Kier alpha value is 0.501. The minimum Gasteiger partial charge on any atom is -1.00 e. The van der Waals surface area contributed by atoms with Crippen LogP contribution in [0.1, 0.15) is 30.0 Å².